The number of esters is 3. The van der Waals surface area contributed by atoms with Gasteiger partial charge in [-0.1, -0.05) is 304 Å². The van der Waals surface area contributed by atoms with Crippen molar-refractivity contribution in [3.05, 3.63) is 97.2 Å². The SMILES string of the molecule is CC/C=C\C/C=C\C/C=C\C/C=C\C/C=C\CCCCCCCCCC(=O)OC(COC(=O)CCCCCCC/C=C\CCCCCCCCC)COC(=O)CCCCCCCCCCCCCCC/C=C\C/C=C\CCCCCCC. The van der Waals surface area contributed by atoms with Gasteiger partial charge >= 0.3 is 17.9 Å². The molecule has 1 unspecified atom stereocenters. The first-order chi connectivity index (χ1) is 40.5. The molecule has 0 fully saturated rings. The molecule has 0 heterocycles. The van der Waals surface area contributed by atoms with Crippen LogP contribution in [0.2, 0.25) is 0 Å². The molecule has 6 heteroatoms. The lowest BCUT2D eigenvalue weighted by Crippen LogP contribution is -2.30. The summed E-state index contributed by atoms with van der Waals surface area (Å²) < 4.78 is 17.0. The molecule has 0 aliphatic carbocycles. The van der Waals surface area contributed by atoms with Gasteiger partial charge < -0.3 is 14.2 Å². The van der Waals surface area contributed by atoms with E-state index in [-0.39, 0.29) is 31.1 Å². The van der Waals surface area contributed by atoms with Crippen LogP contribution in [0.5, 0.6) is 0 Å². The molecular weight excluding hydrogens is 1010 g/mol. The van der Waals surface area contributed by atoms with Gasteiger partial charge in [0.2, 0.25) is 0 Å². The molecule has 0 rings (SSSR count). The van der Waals surface area contributed by atoms with Crippen LogP contribution in [0, 0.1) is 0 Å². The normalized spacial score (nSPS) is 12.7. The Morgan fingerprint density at radius 1 is 0.256 bits per heavy atom. The molecule has 0 aromatic carbocycles. The van der Waals surface area contributed by atoms with Gasteiger partial charge in [0, 0.05) is 19.3 Å². The van der Waals surface area contributed by atoms with Crippen LogP contribution in [-0.2, 0) is 28.6 Å². The van der Waals surface area contributed by atoms with Crippen molar-refractivity contribution in [3.63, 3.8) is 0 Å². The van der Waals surface area contributed by atoms with Crippen LogP contribution in [0.15, 0.2) is 97.2 Å². The molecule has 82 heavy (non-hydrogen) atoms. The fraction of sp³-hybridized carbons (Fsp3) is 0.750. The predicted octanol–water partition coefficient (Wildman–Crippen LogP) is 24.4. The first kappa shape index (κ1) is 78.3. The minimum absolute atomic E-state index is 0.0836. The van der Waals surface area contributed by atoms with Crippen LogP contribution < -0.4 is 0 Å². The molecule has 0 spiro atoms. The average molecular weight is 1140 g/mol. The summed E-state index contributed by atoms with van der Waals surface area (Å²) in [6.45, 7) is 6.54. The molecule has 0 bridgehead atoms. The third kappa shape index (κ3) is 67.1. The first-order valence-corrected chi connectivity index (χ1v) is 35.2. The molecule has 0 radical (unpaired) electrons. The van der Waals surface area contributed by atoms with Gasteiger partial charge in [-0.25, -0.2) is 0 Å². The molecule has 472 valence electrons. The standard InChI is InChI=1S/C76H132O6/c1-4-7-10-13-16-19-22-25-28-31-33-35-37-38-40-41-43-45-48-51-54-57-60-63-66-69-75(78)81-72-73(71-80-74(77)68-65-62-59-56-53-50-47-30-27-24-21-18-15-12-9-6-3)82-76(79)70-67-64-61-58-55-52-49-46-44-42-39-36-34-32-29-26-23-20-17-14-11-8-5-2/h8,11,17,20,22,25-26,29-31,33-34,36,42,44,47,73H,4-7,9-10,12-16,18-19,21,23-24,27-28,32,35,37-41,43,45-46,48-72H2,1-3H3/b11-8-,20-17-,25-22-,29-26-,33-31-,36-34-,44-42-,47-30-. The largest absolute Gasteiger partial charge is 0.462 e. The van der Waals surface area contributed by atoms with E-state index in [0.29, 0.717) is 19.3 Å². The van der Waals surface area contributed by atoms with Crippen LogP contribution in [0.4, 0.5) is 0 Å². The van der Waals surface area contributed by atoms with Gasteiger partial charge in [0.05, 0.1) is 0 Å². The van der Waals surface area contributed by atoms with Crippen LogP contribution in [0.25, 0.3) is 0 Å². The molecule has 0 aliphatic heterocycles. The molecule has 0 aliphatic rings. The maximum atomic E-state index is 13.0. The number of hydrogen-bond donors (Lipinski definition) is 0. The average Bonchev–Trinajstić information content (AvgIpc) is 3.47. The molecule has 0 amide bonds. The van der Waals surface area contributed by atoms with E-state index < -0.39 is 6.10 Å². The Kier molecular flexibility index (Phi) is 66.7. The molecule has 6 nitrogen and oxygen atoms in total. The van der Waals surface area contributed by atoms with Crippen molar-refractivity contribution in [1.29, 1.82) is 0 Å². The van der Waals surface area contributed by atoms with Crippen molar-refractivity contribution in [3.8, 4) is 0 Å². The van der Waals surface area contributed by atoms with Crippen molar-refractivity contribution in [1.82, 2.24) is 0 Å². The number of allylic oxidation sites excluding steroid dienone is 16. The number of hydrogen-bond acceptors (Lipinski definition) is 6. The van der Waals surface area contributed by atoms with Crippen molar-refractivity contribution in [2.24, 2.45) is 0 Å². The highest BCUT2D eigenvalue weighted by molar-refractivity contribution is 5.71. The van der Waals surface area contributed by atoms with E-state index in [2.05, 4.69) is 118 Å². The second-order valence-electron chi connectivity index (χ2n) is 23.4. The van der Waals surface area contributed by atoms with E-state index in [1.165, 1.54) is 199 Å². The van der Waals surface area contributed by atoms with Gasteiger partial charge in [-0.15, -0.1) is 0 Å². The van der Waals surface area contributed by atoms with Gasteiger partial charge in [0.1, 0.15) is 13.2 Å². The van der Waals surface area contributed by atoms with Crippen molar-refractivity contribution >= 4 is 17.9 Å². The fourth-order valence-electron chi connectivity index (χ4n) is 10.0. The third-order valence-corrected chi connectivity index (χ3v) is 15.3. The summed E-state index contributed by atoms with van der Waals surface area (Å²) in [6, 6.07) is 0. The maximum Gasteiger partial charge on any atom is 0.306 e. The first-order valence-electron chi connectivity index (χ1n) is 35.2. The highest BCUT2D eigenvalue weighted by atomic mass is 16.6. The molecule has 0 aromatic heterocycles. The topological polar surface area (TPSA) is 78.9 Å². The summed E-state index contributed by atoms with van der Waals surface area (Å²) in [5, 5.41) is 0. The number of unbranched alkanes of at least 4 members (excludes halogenated alkanes) is 37. The van der Waals surface area contributed by atoms with E-state index in [1.54, 1.807) is 0 Å². The van der Waals surface area contributed by atoms with Gasteiger partial charge in [0.25, 0.3) is 0 Å². The van der Waals surface area contributed by atoms with E-state index in [9.17, 15) is 14.4 Å². The molecular formula is C76H132O6. The van der Waals surface area contributed by atoms with E-state index in [1.807, 2.05) is 0 Å². The number of ether oxygens (including phenoxy) is 3. The lowest BCUT2D eigenvalue weighted by molar-refractivity contribution is -0.167. The summed E-state index contributed by atoms with van der Waals surface area (Å²) in [7, 11) is 0. The maximum absolute atomic E-state index is 13.0. The van der Waals surface area contributed by atoms with E-state index in [4.69, 9.17) is 14.2 Å². The molecule has 0 saturated heterocycles. The summed E-state index contributed by atoms with van der Waals surface area (Å²) in [5.74, 6) is -0.888. The Balaban J connectivity index is 4.37. The lowest BCUT2D eigenvalue weighted by Gasteiger charge is -2.18. The Labute approximate surface area is 508 Å². The lowest BCUT2D eigenvalue weighted by atomic mass is 10.0. The summed E-state index contributed by atoms with van der Waals surface area (Å²) in [5.41, 5.74) is 0. The Morgan fingerprint density at radius 3 is 0.756 bits per heavy atom. The third-order valence-electron chi connectivity index (χ3n) is 15.3. The van der Waals surface area contributed by atoms with Crippen molar-refractivity contribution in [2.45, 2.75) is 354 Å². The predicted molar refractivity (Wildman–Crippen MR) is 357 cm³/mol. The van der Waals surface area contributed by atoms with Crippen LogP contribution in [0.1, 0.15) is 348 Å². The highest BCUT2D eigenvalue weighted by Gasteiger charge is 2.19. The Bertz CT molecular complexity index is 1590. The minimum Gasteiger partial charge on any atom is -0.462 e. The Hall–Kier alpha value is -3.67. The van der Waals surface area contributed by atoms with E-state index >= 15 is 0 Å². The number of rotatable bonds is 64. The molecule has 0 aromatic rings. The monoisotopic (exact) mass is 1140 g/mol. The summed E-state index contributed by atoms with van der Waals surface area (Å²) in [4.78, 5) is 38.5. The van der Waals surface area contributed by atoms with Gasteiger partial charge in [-0.2, -0.15) is 0 Å². The van der Waals surface area contributed by atoms with Crippen LogP contribution >= 0.6 is 0 Å². The fourth-order valence-corrected chi connectivity index (χ4v) is 10.0. The number of carbonyl (C=O) groups is 3. The Morgan fingerprint density at radius 2 is 0.476 bits per heavy atom. The summed E-state index contributed by atoms with van der Waals surface area (Å²) >= 11 is 0. The van der Waals surface area contributed by atoms with E-state index in [0.717, 1.165) is 109 Å². The van der Waals surface area contributed by atoms with Crippen LogP contribution in [-0.4, -0.2) is 37.2 Å². The van der Waals surface area contributed by atoms with Crippen molar-refractivity contribution < 1.29 is 28.6 Å². The van der Waals surface area contributed by atoms with Gasteiger partial charge in [-0.05, 0) is 122 Å². The smallest absolute Gasteiger partial charge is 0.306 e. The minimum atomic E-state index is -0.790. The zero-order chi connectivity index (χ0) is 59.2. The zero-order valence-electron chi connectivity index (χ0n) is 54.2. The zero-order valence-corrected chi connectivity index (χ0v) is 54.2. The van der Waals surface area contributed by atoms with Gasteiger partial charge in [0.15, 0.2) is 6.10 Å². The molecule has 1 atom stereocenters. The quantitative estimate of drug-likeness (QED) is 0.0261. The number of carbonyl (C=O) groups excluding carboxylic acids is 3. The molecule has 0 saturated carbocycles. The summed E-state index contributed by atoms with van der Waals surface area (Å²) in [6.07, 6.45) is 94.2. The van der Waals surface area contributed by atoms with Crippen LogP contribution in [0.3, 0.4) is 0 Å². The highest BCUT2D eigenvalue weighted by Crippen LogP contribution is 2.17. The second kappa shape index (κ2) is 69.8. The van der Waals surface area contributed by atoms with Gasteiger partial charge in [-0.3, -0.25) is 14.4 Å². The second-order valence-corrected chi connectivity index (χ2v) is 23.4. The molecule has 0 N–H and O–H groups in total. The van der Waals surface area contributed by atoms with Crippen molar-refractivity contribution in [2.75, 3.05) is 13.2 Å².